The van der Waals surface area contributed by atoms with Gasteiger partial charge < -0.3 is 15.4 Å². The Morgan fingerprint density at radius 1 is 0.960 bits per heavy atom. The van der Waals surface area contributed by atoms with Crippen LogP contribution in [0.15, 0.2) is 77.8 Å². The predicted octanol–water partition coefficient (Wildman–Crippen LogP) is 5.78. The van der Waals surface area contributed by atoms with E-state index in [0.29, 0.717) is 51.5 Å². The van der Waals surface area contributed by atoms with Crippen molar-refractivity contribution >= 4 is 62.3 Å². The Morgan fingerprint density at radius 3 is 2.52 bits per heavy atom. The van der Waals surface area contributed by atoms with Crippen LogP contribution >= 0.6 is 11.6 Å². The van der Waals surface area contributed by atoms with Gasteiger partial charge in [-0.25, -0.2) is 0 Å². The Balaban J connectivity index is 0.958. The molecule has 2 aliphatic carbocycles. The lowest BCUT2D eigenvalue weighted by Crippen LogP contribution is -2.26. The molecule has 0 unspecified atom stereocenters. The smallest absolute Gasteiger partial charge is 0.267 e. The molecule has 50 heavy (non-hydrogen) atoms. The maximum atomic E-state index is 13.6. The Hall–Kier alpha value is -5.72. The number of hydrogen-bond acceptors (Lipinski definition) is 6. The van der Waals surface area contributed by atoms with Crippen molar-refractivity contribution in [3.8, 4) is 11.8 Å². The second kappa shape index (κ2) is 13.7. The molecule has 3 aromatic carbocycles. The van der Waals surface area contributed by atoms with Crippen LogP contribution in [0.5, 0.6) is 5.75 Å². The van der Waals surface area contributed by atoms with Crippen molar-refractivity contribution in [2.45, 2.75) is 39.0 Å². The van der Waals surface area contributed by atoms with Crippen LogP contribution in [0, 0.1) is 28.7 Å². The number of nitriles is 1. The van der Waals surface area contributed by atoms with Gasteiger partial charge in [-0.05, 0) is 79.1 Å². The van der Waals surface area contributed by atoms with E-state index >= 15 is 0 Å². The molecule has 9 nitrogen and oxygen atoms in total. The number of nitrogens with one attached hydrogen (secondary N) is 2. The number of ether oxygens (including phenoxy) is 1. The number of amides is 2. The first-order valence-corrected chi connectivity index (χ1v) is 17.0. The van der Waals surface area contributed by atoms with Crippen molar-refractivity contribution in [2.24, 2.45) is 4.99 Å². The van der Waals surface area contributed by atoms with Crippen LogP contribution in [-0.4, -0.2) is 42.5 Å². The standard InChI is InChI=1S/C40H34ClN5O4/c1-23-30(31-20-26(50-2)14-17-34(31)46(23)40(49)24-10-12-25(41)13-11-24)21-35(47)44-19-6-4-3-5-18-43-33-16-15-28-36-27(33)8-7-9-29(36)38-37(28)32(22-42)39(48)45-38/h7-17,20H,3-6,18-19,21H2,1-2H3,(H,44,47)(H,45,48). The summed E-state index contributed by atoms with van der Waals surface area (Å²) in [7, 11) is 1.59. The van der Waals surface area contributed by atoms with Gasteiger partial charge in [-0.2, -0.15) is 5.26 Å². The fraction of sp³-hybridized carbons (Fsp3) is 0.225. The first-order valence-electron chi connectivity index (χ1n) is 16.6. The molecule has 2 heterocycles. The highest BCUT2D eigenvalue weighted by Crippen LogP contribution is 2.31. The minimum absolute atomic E-state index is 0.101. The molecular weight excluding hydrogens is 650 g/mol. The van der Waals surface area contributed by atoms with Crippen LogP contribution in [0.4, 0.5) is 5.69 Å². The number of fused-ring (bicyclic) bond motifs is 4. The number of hydrogen-bond donors (Lipinski definition) is 2. The summed E-state index contributed by atoms with van der Waals surface area (Å²) in [5.41, 5.74) is 3.59. The van der Waals surface area contributed by atoms with E-state index in [0.717, 1.165) is 63.2 Å². The predicted molar refractivity (Wildman–Crippen MR) is 193 cm³/mol. The minimum Gasteiger partial charge on any atom is -0.497 e. The van der Waals surface area contributed by atoms with Crippen LogP contribution < -0.4 is 25.9 Å². The molecule has 0 bridgehead atoms. The van der Waals surface area contributed by atoms with Gasteiger partial charge >= 0.3 is 0 Å². The number of benzene rings is 3. The third-order valence-corrected chi connectivity index (χ3v) is 9.75. The molecular formula is C40H34ClN5O4. The minimum atomic E-state index is -0.350. The van der Waals surface area contributed by atoms with Crippen molar-refractivity contribution in [1.29, 1.82) is 5.26 Å². The molecule has 2 amide bonds. The monoisotopic (exact) mass is 683 g/mol. The number of rotatable bonds is 11. The van der Waals surface area contributed by atoms with Crippen molar-refractivity contribution < 1.29 is 19.1 Å². The van der Waals surface area contributed by atoms with E-state index in [2.05, 4.69) is 16.7 Å². The second-order valence-electron chi connectivity index (χ2n) is 12.5. The van der Waals surface area contributed by atoms with Gasteiger partial charge in [0.15, 0.2) is 0 Å². The summed E-state index contributed by atoms with van der Waals surface area (Å²) in [6.07, 6.45) is 3.83. The number of nitrogens with zero attached hydrogens (tertiary/aromatic N) is 3. The normalized spacial score (nSPS) is 12.9. The number of carbonyl (C=O) groups excluding carboxylic acids is 3. The van der Waals surface area contributed by atoms with Crippen molar-refractivity contribution in [2.75, 3.05) is 25.5 Å². The fourth-order valence-corrected chi connectivity index (χ4v) is 7.16. The highest BCUT2D eigenvalue weighted by molar-refractivity contribution is 6.31. The summed E-state index contributed by atoms with van der Waals surface area (Å²) >= 11 is 6.04. The molecule has 1 aliphatic heterocycles. The molecule has 1 aromatic heterocycles. The molecule has 3 aliphatic rings. The van der Waals surface area contributed by atoms with Gasteiger partial charge in [-0.1, -0.05) is 48.7 Å². The fourth-order valence-electron chi connectivity index (χ4n) is 7.04. The van der Waals surface area contributed by atoms with E-state index in [9.17, 15) is 19.6 Å². The van der Waals surface area contributed by atoms with E-state index in [1.54, 1.807) is 35.9 Å². The Morgan fingerprint density at radius 2 is 1.74 bits per heavy atom. The third kappa shape index (κ3) is 5.82. The molecule has 4 aromatic rings. The topological polar surface area (TPSA) is 126 Å². The zero-order chi connectivity index (χ0) is 34.9. The molecule has 0 spiro atoms. The molecule has 7 rings (SSSR count). The van der Waals surface area contributed by atoms with Gasteiger partial charge in [0, 0.05) is 56.0 Å². The van der Waals surface area contributed by atoms with Crippen LogP contribution in [0.25, 0.3) is 27.2 Å². The lowest BCUT2D eigenvalue weighted by Gasteiger charge is -2.08. The molecule has 0 fully saturated rings. The van der Waals surface area contributed by atoms with Gasteiger partial charge in [0.2, 0.25) is 5.91 Å². The maximum absolute atomic E-state index is 13.6. The van der Waals surface area contributed by atoms with Crippen LogP contribution in [0.3, 0.4) is 0 Å². The van der Waals surface area contributed by atoms with E-state index in [4.69, 9.17) is 21.3 Å². The summed E-state index contributed by atoms with van der Waals surface area (Å²) in [6, 6.07) is 24.3. The van der Waals surface area contributed by atoms with Crippen molar-refractivity contribution in [1.82, 2.24) is 9.88 Å². The van der Waals surface area contributed by atoms with Crippen molar-refractivity contribution in [3.05, 3.63) is 116 Å². The Bertz CT molecular complexity index is 2550. The molecule has 0 saturated carbocycles. The quantitative estimate of drug-likeness (QED) is 0.168. The third-order valence-electron chi connectivity index (χ3n) is 9.50. The first-order chi connectivity index (χ1) is 24.3. The average Bonchev–Trinajstić information content (AvgIpc) is 3.72. The van der Waals surface area contributed by atoms with Gasteiger partial charge in [0.25, 0.3) is 11.8 Å². The summed E-state index contributed by atoms with van der Waals surface area (Å²) in [4.78, 5) is 43.8. The molecule has 0 atom stereocenters. The molecule has 250 valence electrons. The first kappa shape index (κ1) is 32.8. The van der Waals surface area contributed by atoms with Gasteiger partial charge in [0.05, 0.1) is 30.1 Å². The van der Waals surface area contributed by atoms with Gasteiger partial charge in [-0.3, -0.25) is 23.9 Å². The van der Waals surface area contributed by atoms with E-state index in [1.165, 1.54) is 0 Å². The number of carbonyl (C=O) groups is 3. The zero-order valence-corrected chi connectivity index (χ0v) is 28.5. The van der Waals surface area contributed by atoms with Crippen LogP contribution in [0.2, 0.25) is 5.02 Å². The number of anilines is 1. The van der Waals surface area contributed by atoms with E-state index in [1.807, 2.05) is 55.5 Å². The number of aromatic nitrogens is 1. The number of methoxy groups -OCH3 is 1. The van der Waals surface area contributed by atoms with Gasteiger partial charge in [-0.15, -0.1) is 0 Å². The highest BCUT2D eigenvalue weighted by atomic mass is 35.5. The summed E-state index contributed by atoms with van der Waals surface area (Å²) in [6.45, 7) is 3.10. The second-order valence-corrected chi connectivity index (χ2v) is 12.9. The van der Waals surface area contributed by atoms with Gasteiger partial charge in [0.1, 0.15) is 17.4 Å². The maximum Gasteiger partial charge on any atom is 0.267 e. The lowest BCUT2D eigenvalue weighted by atomic mass is 10.1. The number of halogens is 1. The SMILES string of the molecule is COc1ccc2c(c1)c(CC(=O)NCCCCCCN=c1ccc3c4c(c5cccc1c5=3)NC(=O)C=4C#N)c(C)n2C(=O)c1ccc(Cl)cc1. The molecule has 0 radical (unpaired) electrons. The largest absolute Gasteiger partial charge is 0.497 e. The Kier molecular flexibility index (Phi) is 8.96. The Labute approximate surface area is 292 Å². The van der Waals surface area contributed by atoms with Crippen LogP contribution in [0.1, 0.15) is 47.3 Å². The average molecular weight is 684 g/mol. The summed E-state index contributed by atoms with van der Waals surface area (Å²) < 4.78 is 7.10. The lowest BCUT2D eigenvalue weighted by molar-refractivity contribution is -0.120. The summed E-state index contributed by atoms with van der Waals surface area (Å²) in [5.74, 6) is 0.00987. The molecule has 2 N–H and O–H groups in total. The van der Waals surface area contributed by atoms with Crippen LogP contribution in [-0.2, 0) is 16.0 Å². The number of unbranched alkanes of at least 4 members (excludes halogenated alkanes) is 3. The molecule has 0 saturated heterocycles. The highest BCUT2D eigenvalue weighted by Gasteiger charge is 2.25. The molecule has 10 heteroatoms. The van der Waals surface area contributed by atoms with E-state index < -0.39 is 0 Å². The summed E-state index contributed by atoms with van der Waals surface area (Å²) in [5, 5.41) is 22.3. The zero-order valence-electron chi connectivity index (χ0n) is 27.7. The van der Waals surface area contributed by atoms with Crippen molar-refractivity contribution in [3.63, 3.8) is 0 Å². The van der Waals surface area contributed by atoms with E-state index in [-0.39, 0.29) is 29.7 Å².